The monoisotopic (exact) mass is 467 g/mol. The van der Waals surface area contributed by atoms with Crippen LogP contribution in [0.25, 0.3) is 33.1 Å². The summed E-state index contributed by atoms with van der Waals surface area (Å²) in [4.78, 5) is 0. The molecule has 3 aromatic carbocycles. The first kappa shape index (κ1) is 20.8. The number of hydrogen-bond donors (Lipinski definition) is 1. The zero-order valence-electron chi connectivity index (χ0n) is 20.2. The number of benzene rings is 3. The highest BCUT2D eigenvalue weighted by Crippen LogP contribution is 2.53. The van der Waals surface area contributed by atoms with Crippen molar-refractivity contribution in [2.24, 2.45) is 0 Å². The minimum absolute atomic E-state index is 0.144. The van der Waals surface area contributed by atoms with E-state index in [9.17, 15) is 5.26 Å². The summed E-state index contributed by atoms with van der Waals surface area (Å²) in [5.41, 5.74) is 6.75. The van der Waals surface area contributed by atoms with Gasteiger partial charge in [0.05, 0.1) is 27.7 Å². The van der Waals surface area contributed by atoms with Crippen molar-refractivity contribution in [2.75, 3.05) is 0 Å². The molecule has 0 amide bonds. The van der Waals surface area contributed by atoms with E-state index in [0.29, 0.717) is 5.57 Å². The normalized spacial score (nSPS) is 23.9. The molecule has 0 spiro atoms. The number of fused-ring (bicyclic) bond motifs is 7. The van der Waals surface area contributed by atoms with Crippen LogP contribution in [0.4, 0.5) is 0 Å². The van der Waals surface area contributed by atoms with Crippen LogP contribution < -0.4 is 10.1 Å². The van der Waals surface area contributed by atoms with Gasteiger partial charge < -0.3 is 14.6 Å². The predicted octanol–water partition coefficient (Wildman–Crippen LogP) is 6.93. The molecule has 4 aromatic rings. The van der Waals surface area contributed by atoms with Crippen LogP contribution in [-0.2, 0) is 0 Å². The lowest BCUT2D eigenvalue weighted by atomic mass is 9.82. The number of hydrogen-bond acceptors (Lipinski definition) is 3. The first-order valence-electron chi connectivity index (χ1n) is 12.4. The summed E-state index contributed by atoms with van der Waals surface area (Å²) < 4.78 is 9.06. The molecule has 3 aliphatic rings. The highest BCUT2D eigenvalue weighted by atomic mass is 16.5. The second-order valence-corrected chi connectivity index (χ2v) is 9.96. The van der Waals surface area contributed by atoms with Gasteiger partial charge in [-0.25, -0.2) is 0 Å². The van der Waals surface area contributed by atoms with Crippen molar-refractivity contribution in [3.8, 4) is 17.5 Å². The molecule has 0 fully saturated rings. The molecule has 3 heterocycles. The highest BCUT2D eigenvalue weighted by Gasteiger charge is 2.43. The van der Waals surface area contributed by atoms with Gasteiger partial charge >= 0.3 is 0 Å². The minimum atomic E-state index is -0.380. The Morgan fingerprint density at radius 3 is 2.72 bits per heavy atom. The van der Waals surface area contributed by atoms with Crippen molar-refractivity contribution in [3.05, 3.63) is 114 Å². The largest absolute Gasteiger partial charge is 0.481 e. The van der Waals surface area contributed by atoms with Gasteiger partial charge in [-0.05, 0) is 38.1 Å². The molecule has 0 bridgehead atoms. The zero-order valence-corrected chi connectivity index (χ0v) is 20.2. The van der Waals surface area contributed by atoms with Crippen molar-refractivity contribution in [2.45, 2.75) is 31.4 Å². The van der Waals surface area contributed by atoms with Gasteiger partial charge in [-0.15, -0.1) is 0 Å². The summed E-state index contributed by atoms with van der Waals surface area (Å²) in [6.45, 7) is 4.26. The van der Waals surface area contributed by atoms with E-state index in [4.69, 9.17) is 4.74 Å². The second-order valence-electron chi connectivity index (χ2n) is 9.96. The second kappa shape index (κ2) is 7.50. The predicted molar refractivity (Wildman–Crippen MR) is 145 cm³/mol. The summed E-state index contributed by atoms with van der Waals surface area (Å²) in [7, 11) is 0. The standard InChI is InChI=1S/C32H25N3O/c1-20-17-25(21(18-33)19-34-20)22-9-3-5-12-27(22)35-28-13-6-4-10-24(28)30-29(35)15-14-23-26-11-7-8-16-32(26,2)36-31(23)30/h3-17,19-20,26,34H,1-2H3. The molecule has 3 atom stereocenters. The summed E-state index contributed by atoms with van der Waals surface area (Å²) in [6.07, 6.45) is 12.6. The Morgan fingerprint density at radius 2 is 1.83 bits per heavy atom. The van der Waals surface area contributed by atoms with Crippen LogP contribution in [0.1, 0.15) is 30.9 Å². The van der Waals surface area contributed by atoms with Crippen molar-refractivity contribution in [1.29, 1.82) is 5.26 Å². The molecule has 1 N–H and O–H groups in total. The summed E-state index contributed by atoms with van der Waals surface area (Å²) in [5, 5.41) is 15.4. The molecular formula is C32H25N3O. The van der Waals surface area contributed by atoms with E-state index >= 15 is 0 Å². The molecule has 1 aromatic heterocycles. The Hall–Kier alpha value is -4.49. The SMILES string of the molecule is CC1C=C(c2ccccc2-n2c3ccccc3c3c4c(ccc32)C2C=CC=CC2(C)O4)C(C#N)=CN1. The number of allylic oxidation sites excluding steroid dienone is 4. The molecule has 1 aliphatic carbocycles. The molecule has 0 saturated carbocycles. The van der Waals surface area contributed by atoms with Gasteiger partial charge in [-0.2, -0.15) is 5.26 Å². The van der Waals surface area contributed by atoms with Crippen LogP contribution in [0, 0.1) is 11.3 Å². The van der Waals surface area contributed by atoms with Crippen molar-refractivity contribution < 1.29 is 4.74 Å². The van der Waals surface area contributed by atoms with Crippen LogP contribution in [0.2, 0.25) is 0 Å². The molecular weight excluding hydrogens is 442 g/mol. The smallest absolute Gasteiger partial charge is 0.135 e. The van der Waals surface area contributed by atoms with Gasteiger partial charge in [0.2, 0.25) is 0 Å². The van der Waals surface area contributed by atoms with E-state index in [-0.39, 0.29) is 17.6 Å². The fourth-order valence-corrected chi connectivity index (χ4v) is 6.01. The Bertz CT molecular complexity index is 1740. The number of aromatic nitrogens is 1. The van der Waals surface area contributed by atoms with Gasteiger partial charge in [-0.3, -0.25) is 0 Å². The average Bonchev–Trinajstić information content (AvgIpc) is 3.40. The third-order valence-corrected chi connectivity index (χ3v) is 7.69. The number of dihydropyridines is 1. The van der Waals surface area contributed by atoms with Crippen LogP contribution >= 0.6 is 0 Å². The third kappa shape index (κ3) is 2.80. The number of para-hydroxylation sites is 2. The minimum Gasteiger partial charge on any atom is -0.481 e. The van der Waals surface area contributed by atoms with Crippen LogP contribution in [0.15, 0.2) is 103 Å². The summed E-state index contributed by atoms with van der Waals surface area (Å²) >= 11 is 0. The van der Waals surface area contributed by atoms with E-state index in [0.717, 1.165) is 44.4 Å². The molecule has 7 rings (SSSR count). The molecule has 36 heavy (non-hydrogen) atoms. The molecule has 0 radical (unpaired) electrons. The van der Waals surface area contributed by atoms with E-state index < -0.39 is 0 Å². The van der Waals surface area contributed by atoms with Gasteiger partial charge in [0.25, 0.3) is 0 Å². The zero-order chi connectivity index (χ0) is 24.4. The average molecular weight is 468 g/mol. The molecule has 174 valence electrons. The first-order valence-corrected chi connectivity index (χ1v) is 12.4. The number of nitrogens with zero attached hydrogens (tertiary/aromatic N) is 2. The van der Waals surface area contributed by atoms with Crippen LogP contribution in [0.3, 0.4) is 0 Å². The number of ether oxygens (including phenoxy) is 1. The van der Waals surface area contributed by atoms with Gasteiger partial charge in [0.1, 0.15) is 17.4 Å². The topological polar surface area (TPSA) is 50.0 Å². The molecule has 4 nitrogen and oxygen atoms in total. The third-order valence-electron chi connectivity index (χ3n) is 7.69. The maximum absolute atomic E-state index is 9.87. The van der Waals surface area contributed by atoms with Crippen molar-refractivity contribution in [1.82, 2.24) is 9.88 Å². The molecule has 4 heteroatoms. The lowest BCUT2D eigenvalue weighted by Gasteiger charge is -2.27. The highest BCUT2D eigenvalue weighted by molar-refractivity contribution is 6.13. The van der Waals surface area contributed by atoms with Gasteiger partial charge in [0, 0.05) is 40.2 Å². The van der Waals surface area contributed by atoms with Gasteiger partial charge in [-0.1, -0.05) is 66.8 Å². The summed E-state index contributed by atoms with van der Waals surface area (Å²) in [6, 6.07) is 23.9. The van der Waals surface area contributed by atoms with E-state index in [1.807, 2.05) is 12.3 Å². The van der Waals surface area contributed by atoms with E-state index in [1.165, 1.54) is 5.56 Å². The fourth-order valence-electron chi connectivity index (χ4n) is 6.01. The van der Waals surface area contributed by atoms with Crippen LogP contribution in [0.5, 0.6) is 5.75 Å². The summed E-state index contributed by atoms with van der Waals surface area (Å²) in [5.74, 6) is 1.16. The molecule has 2 aliphatic heterocycles. The van der Waals surface area contributed by atoms with Gasteiger partial charge in [0.15, 0.2) is 0 Å². The lowest BCUT2D eigenvalue weighted by Crippen LogP contribution is -2.32. The Labute approximate surface area is 210 Å². The fraction of sp³-hybridized carbons (Fsp3) is 0.156. The van der Waals surface area contributed by atoms with E-state index in [1.54, 1.807) is 0 Å². The van der Waals surface area contributed by atoms with Crippen molar-refractivity contribution in [3.63, 3.8) is 0 Å². The Morgan fingerprint density at radius 1 is 1.00 bits per heavy atom. The molecule has 0 saturated heterocycles. The first-order chi connectivity index (χ1) is 17.6. The molecule has 3 unspecified atom stereocenters. The van der Waals surface area contributed by atoms with E-state index in [2.05, 4.69) is 115 Å². The van der Waals surface area contributed by atoms with Crippen molar-refractivity contribution >= 4 is 27.4 Å². The Kier molecular flexibility index (Phi) is 4.34. The quantitative estimate of drug-likeness (QED) is 0.348. The lowest BCUT2D eigenvalue weighted by molar-refractivity contribution is 0.157. The number of nitriles is 1. The number of nitrogens with one attached hydrogen (secondary N) is 1. The Balaban J connectivity index is 1.54. The van der Waals surface area contributed by atoms with Crippen LogP contribution in [-0.4, -0.2) is 16.2 Å². The maximum Gasteiger partial charge on any atom is 0.135 e. The maximum atomic E-state index is 9.87. The number of rotatable bonds is 2.